The maximum absolute atomic E-state index is 12.8. The van der Waals surface area contributed by atoms with Crippen LogP contribution in [0.4, 0.5) is 11.4 Å². The van der Waals surface area contributed by atoms with Crippen LogP contribution in [0.5, 0.6) is 0 Å². The van der Waals surface area contributed by atoms with E-state index in [1.165, 1.54) is 12.8 Å². The number of para-hydroxylation sites is 1. The summed E-state index contributed by atoms with van der Waals surface area (Å²) in [6.45, 7) is 6.82. The molecular formula is C25H29N5O. The van der Waals surface area contributed by atoms with E-state index in [1.807, 2.05) is 46.2 Å². The standard InChI is InChI=1S/C25H29N5O/c1-4-29-15-19(14-26-29)21-12-13-22-24(28-21)23(27-20-8-6-5-7-9-20)16(2)25(18-10-11-18)30(22)17(3)31/h5-9,12-16,18,23,25,27H,4,10-11H2,1-3H3/t16-,23-,25-/m1/s1. The third-order valence-electron chi connectivity index (χ3n) is 6.61. The number of carbonyl (C=O) groups is 1. The summed E-state index contributed by atoms with van der Waals surface area (Å²) in [6, 6.07) is 14.6. The largest absolute Gasteiger partial charge is 0.376 e. The van der Waals surface area contributed by atoms with Gasteiger partial charge in [-0.1, -0.05) is 25.1 Å². The molecule has 1 aliphatic carbocycles. The molecule has 0 unspecified atom stereocenters. The molecule has 0 bridgehead atoms. The van der Waals surface area contributed by atoms with Crippen molar-refractivity contribution in [3.05, 3.63) is 60.6 Å². The van der Waals surface area contributed by atoms with Crippen molar-refractivity contribution in [2.24, 2.45) is 11.8 Å². The molecular weight excluding hydrogens is 386 g/mol. The van der Waals surface area contributed by atoms with Crippen molar-refractivity contribution in [1.82, 2.24) is 14.8 Å². The van der Waals surface area contributed by atoms with Gasteiger partial charge in [-0.15, -0.1) is 0 Å². The molecule has 31 heavy (non-hydrogen) atoms. The number of hydrogen-bond donors (Lipinski definition) is 1. The van der Waals surface area contributed by atoms with Crippen molar-refractivity contribution in [3.63, 3.8) is 0 Å². The molecule has 1 saturated carbocycles. The van der Waals surface area contributed by atoms with Crippen LogP contribution in [-0.2, 0) is 11.3 Å². The van der Waals surface area contributed by atoms with Crippen LogP contribution in [0.25, 0.3) is 11.3 Å². The molecule has 3 atom stereocenters. The lowest BCUT2D eigenvalue weighted by atomic mass is 9.82. The van der Waals surface area contributed by atoms with Crippen molar-refractivity contribution >= 4 is 17.3 Å². The Hall–Kier alpha value is -3.15. The fraction of sp³-hybridized carbons (Fsp3) is 0.400. The summed E-state index contributed by atoms with van der Waals surface area (Å²) in [4.78, 5) is 19.9. The second-order valence-electron chi connectivity index (χ2n) is 8.75. The lowest BCUT2D eigenvalue weighted by Gasteiger charge is -2.45. The highest BCUT2D eigenvalue weighted by Crippen LogP contribution is 2.49. The number of aryl methyl sites for hydroxylation is 1. The Balaban J connectivity index is 1.62. The minimum absolute atomic E-state index is 0.0276. The van der Waals surface area contributed by atoms with E-state index in [9.17, 15) is 4.79 Å². The average molecular weight is 416 g/mol. The molecule has 1 aliphatic heterocycles. The number of fused-ring (bicyclic) bond motifs is 1. The first kappa shape index (κ1) is 19.8. The van der Waals surface area contributed by atoms with Gasteiger partial charge in [0.15, 0.2) is 0 Å². The normalized spacial score (nSPS) is 22.8. The minimum atomic E-state index is 0.0276. The number of rotatable bonds is 5. The number of pyridine rings is 1. The number of benzene rings is 1. The zero-order chi connectivity index (χ0) is 21.5. The van der Waals surface area contributed by atoms with E-state index in [-0.39, 0.29) is 23.9 Å². The molecule has 6 heteroatoms. The van der Waals surface area contributed by atoms with Crippen LogP contribution < -0.4 is 10.2 Å². The number of amides is 1. The van der Waals surface area contributed by atoms with Gasteiger partial charge in [-0.3, -0.25) is 9.48 Å². The molecule has 3 aromatic rings. The fourth-order valence-electron chi connectivity index (χ4n) is 4.94. The first-order valence-electron chi connectivity index (χ1n) is 11.2. The molecule has 2 aliphatic rings. The van der Waals surface area contributed by atoms with Crippen molar-refractivity contribution < 1.29 is 4.79 Å². The van der Waals surface area contributed by atoms with Crippen molar-refractivity contribution in [2.45, 2.75) is 52.2 Å². The van der Waals surface area contributed by atoms with Crippen LogP contribution in [0.3, 0.4) is 0 Å². The Labute approximate surface area is 183 Å². The molecule has 0 radical (unpaired) electrons. The van der Waals surface area contributed by atoms with Gasteiger partial charge in [0.05, 0.1) is 29.3 Å². The van der Waals surface area contributed by atoms with E-state index in [4.69, 9.17) is 4.98 Å². The summed E-state index contributed by atoms with van der Waals surface area (Å²) in [5.74, 6) is 0.899. The van der Waals surface area contributed by atoms with Gasteiger partial charge in [0, 0.05) is 42.9 Å². The SMILES string of the molecule is CCn1cc(-c2ccc3c(n2)[C@H](Nc2ccccc2)[C@@H](C)[C@H](C2CC2)N3C(C)=O)cn1. The van der Waals surface area contributed by atoms with Gasteiger partial charge in [0.1, 0.15) is 0 Å². The smallest absolute Gasteiger partial charge is 0.224 e. The van der Waals surface area contributed by atoms with Gasteiger partial charge in [-0.2, -0.15) is 5.10 Å². The number of nitrogens with zero attached hydrogens (tertiary/aromatic N) is 4. The van der Waals surface area contributed by atoms with Gasteiger partial charge < -0.3 is 10.2 Å². The predicted molar refractivity (Wildman–Crippen MR) is 123 cm³/mol. The predicted octanol–water partition coefficient (Wildman–Crippen LogP) is 4.90. The Morgan fingerprint density at radius 1 is 1.16 bits per heavy atom. The van der Waals surface area contributed by atoms with E-state index in [0.717, 1.165) is 34.9 Å². The Morgan fingerprint density at radius 3 is 2.58 bits per heavy atom. The Kier molecular flexibility index (Phi) is 5.00. The Bertz CT molecular complexity index is 1090. The molecule has 1 N–H and O–H groups in total. The zero-order valence-electron chi connectivity index (χ0n) is 18.3. The second kappa shape index (κ2) is 7.84. The summed E-state index contributed by atoms with van der Waals surface area (Å²) in [5.41, 5.74) is 4.82. The van der Waals surface area contributed by atoms with E-state index in [2.05, 4.69) is 42.5 Å². The van der Waals surface area contributed by atoms with E-state index in [0.29, 0.717) is 5.92 Å². The zero-order valence-corrected chi connectivity index (χ0v) is 18.3. The molecule has 160 valence electrons. The molecule has 0 spiro atoms. The van der Waals surface area contributed by atoms with Crippen molar-refractivity contribution in [1.29, 1.82) is 0 Å². The number of nitrogens with one attached hydrogen (secondary N) is 1. The third-order valence-corrected chi connectivity index (χ3v) is 6.61. The fourth-order valence-corrected chi connectivity index (χ4v) is 4.94. The minimum Gasteiger partial charge on any atom is -0.376 e. The van der Waals surface area contributed by atoms with Crippen LogP contribution in [0, 0.1) is 11.8 Å². The summed E-state index contributed by atoms with van der Waals surface area (Å²) < 4.78 is 1.91. The maximum Gasteiger partial charge on any atom is 0.224 e. The second-order valence-corrected chi connectivity index (χ2v) is 8.75. The van der Waals surface area contributed by atoms with Crippen LogP contribution in [0.15, 0.2) is 54.9 Å². The number of carbonyl (C=O) groups excluding carboxylic acids is 1. The molecule has 5 rings (SSSR count). The van der Waals surface area contributed by atoms with Crippen LogP contribution in [0.2, 0.25) is 0 Å². The van der Waals surface area contributed by atoms with Gasteiger partial charge in [0.25, 0.3) is 0 Å². The monoisotopic (exact) mass is 415 g/mol. The van der Waals surface area contributed by atoms with Gasteiger partial charge in [0.2, 0.25) is 5.91 Å². The summed E-state index contributed by atoms with van der Waals surface area (Å²) in [6.07, 6.45) is 6.26. The molecule has 1 aromatic carbocycles. The van der Waals surface area contributed by atoms with E-state index in [1.54, 1.807) is 6.92 Å². The molecule has 1 amide bonds. The van der Waals surface area contributed by atoms with Crippen molar-refractivity contribution in [2.75, 3.05) is 10.2 Å². The highest BCUT2D eigenvalue weighted by molar-refractivity contribution is 5.94. The number of anilines is 2. The Morgan fingerprint density at radius 2 is 1.94 bits per heavy atom. The van der Waals surface area contributed by atoms with Gasteiger partial charge in [-0.25, -0.2) is 4.98 Å². The molecule has 6 nitrogen and oxygen atoms in total. The number of hydrogen-bond acceptors (Lipinski definition) is 4. The topological polar surface area (TPSA) is 63.1 Å². The average Bonchev–Trinajstić information content (AvgIpc) is 3.50. The lowest BCUT2D eigenvalue weighted by molar-refractivity contribution is -0.117. The summed E-state index contributed by atoms with van der Waals surface area (Å²) in [7, 11) is 0. The quantitative estimate of drug-likeness (QED) is 0.644. The summed E-state index contributed by atoms with van der Waals surface area (Å²) >= 11 is 0. The van der Waals surface area contributed by atoms with Crippen LogP contribution in [0.1, 0.15) is 45.3 Å². The highest BCUT2D eigenvalue weighted by atomic mass is 16.2. The first-order valence-corrected chi connectivity index (χ1v) is 11.2. The van der Waals surface area contributed by atoms with Gasteiger partial charge in [-0.05, 0) is 49.9 Å². The highest BCUT2D eigenvalue weighted by Gasteiger charge is 2.48. The van der Waals surface area contributed by atoms with Gasteiger partial charge >= 0.3 is 0 Å². The molecule has 3 heterocycles. The molecule has 2 aromatic heterocycles. The van der Waals surface area contributed by atoms with Crippen LogP contribution in [-0.4, -0.2) is 26.7 Å². The lowest BCUT2D eigenvalue weighted by Crippen LogP contribution is -2.51. The summed E-state index contributed by atoms with van der Waals surface area (Å²) in [5, 5.41) is 8.14. The van der Waals surface area contributed by atoms with Crippen LogP contribution >= 0.6 is 0 Å². The third kappa shape index (κ3) is 3.60. The van der Waals surface area contributed by atoms with E-state index >= 15 is 0 Å². The maximum atomic E-state index is 12.8. The van der Waals surface area contributed by atoms with E-state index < -0.39 is 0 Å². The number of aromatic nitrogens is 3. The van der Waals surface area contributed by atoms with Crippen molar-refractivity contribution in [3.8, 4) is 11.3 Å². The molecule has 1 fully saturated rings. The first-order chi connectivity index (χ1) is 15.1. The molecule has 0 saturated heterocycles.